The van der Waals surface area contributed by atoms with Crippen molar-refractivity contribution in [2.45, 2.75) is 13.5 Å². The van der Waals surface area contributed by atoms with E-state index in [-0.39, 0.29) is 12.5 Å². The Kier molecular flexibility index (Phi) is 6.23. The minimum absolute atomic E-state index is 0.0439. The molecule has 0 aliphatic carbocycles. The Labute approximate surface area is 194 Å². The van der Waals surface area contributed by atoms with Crippen LogP contribution in [0.2, 0.25) is 10.0 Å². The Morgan fingerprint density at radius 3 is 2.48 bits per heavy atom. The van der Waals surface area contributed by atoms with Crippen LogP contribution < -0.4 is 5.32 Å². The number of carbonyl (C=O) groups is 1. The average Bonchev–Trinajstić information content (AvgIpc) is 3.07. The number of benzene rings is 3. The molecule has 8 heteroatoms. The summed E-state index contributed by atoms with van der Waals surface area (Å²) in [6.45, 7) is 1.98. The Morgan fingerprint density at radius 1 is 1.00 bits per heavy atom. The number of nitrogens with one attached hydrogen (secondary N) is 1. The first-order chi connectivity index (χ1) is 14.9. The number of aryl methyl sites for hydroxylation is 1. The first-order valence-electron chi connectivity index (χ1n) is 9.49. The maximum atomic E-state index is 12.7. The average molecular weight is 469 g/mol. The molecule has 1 N–H and O–H groups in total. The summed E-state index contributed by atoms with van der Waals surface area (Å²) in [7, 11) is 0. The van der Waals surface area contributed by atoms with Gasteiger partial charge in [-0.2, -0.15) is 5.10 Å². The molecule has 0 saturated heterocycles. The first-order valence-corrected chi connectivity index (χ1v) is 10.7. The standard InChI is InChI=1S/C23H18Cl2N4OS/c1-15-6-5-7-16(12-15)22-27-28(23(31)29(22)18-8-3-2-4-9-18)14-21(30)26-17-10-11-19(24)20(25)13-17/h2-13H,14H2,1H3,(H,26,30). The van der Waals surface area contributed by atoms with Crippen molar-refractivity contribution in [3.63, 3.8) is 0 Å². The molecule has 31 heavy (non-hydrogen) atoms. The van der Waals surface area contributed by atoms with Crippen molar-refractivity contribution in [2.75, 3.05) is 5.32 Å². The smallest absolute Gasteiger partial charge is 0.246 e. The Balaban J connectivity index is 1.70. The molecule has 0 aliphatic rings. The van der Waals surface area contributed by atoms with Crippen LogP contribution in [-0.2, 0) is 11.3 Å². The van der Waals surface area contributed by atoms with Gasteiger partial charge in [-0.1, -0.05) is 65.2 Å². The second kappa shape index (κ2) is 9.06. The molecule has 156 valence electrons. The summed E-state index contributed by atoms with van der Waals surface area (Å²) in [5.74, 6) is 0.394. The van der Waals surface area contributed by atoms with Gasteiger partial charge in [-0.3, -0.25) is 9.36 Å². The van der Waals surface area contributed by atoms with Gasteiger partial charge in [-0.15, -0.1) is 0 Å². The van der Waals surface area contributed by atoms with Crippen LogP contribution in [0.4, 0.5) is 5.69 Å². The molecule has 0 radical (unpaired) electrons. The van der Waals surface area contributed by atoms with Gasteiger partial charge in [0.25, 0.3) is 0 Å². The lowest BCUT2D eigenvalue weighted by Gasteiger charge is -2.07. The lowest BCUT2D eigenvalue weighted by atomic mass is 10.1. The van der Waals surface area contributed by atoms with Crippen LogP contribution in [-0.4, -0.2) is 20.3 Å². The van der Waals surface area contributed by atoms with Crippen molar-refractivity contribution >= 4 is 47.0 Å². The Hall–Kier alpha value is -2.93. The van der Waals surface area contributed by atoms with Crippen molar-refractivity contribution in [1.82, 2.24) is 14.3 Å². The van der Waals surface area contributed by atoms with Crippen LogP contribution in [0.5, 0.6) is 0 Å². The van der Waals surface area contributed by atoms with Crippen molar-refractivity contribution in [3.05, 3.63) is 93.2 Å². The van der Waals surface area contributed by atoms with Crippen LogP contribution in [0.15, 0.2) is 72.8 Å². The van der Waals surface area contributed by atoms with Gasteiger partial charge in [0.15, 0.2) is 5.82 Å². The zero-order valence-corrected chi connectivity index (χ0v) is 18.9. The molecule has 1 heterocycles. The number of carbonyl (C=O) groups excluding carboxylic acids is 1. The summed E-state index contributed by atoms with van der Waals surface area (Å²) in [5, 5.41) is 8.27. The summed E-state index contributed by atoms with van der Waals surface area (Å²) in [4.78, 5) is 12.7. The highest BCUT2D eigenvalue weighted by Gasteiger charge is 2.16. The Morgan fingerprint density at radius 2 is 1.77 bits per heavy atom. The molecule has 3 aromatic carbocycles. The summed E-state index contributed by atoms with van der Waals surface area (Å²) in [6.07, 6.45) is 0. The summed E-state index contributed by atoms with van der Waals surface area (Å²) >= 11 is 17.7. The van der Waals surface area contributed by atoms with Crippen molar-refractivity contribution in [1.29, 1.82) is 0 Å². The van der Waals surface area contributed by atoms with Gasteiger partial charge in [-0.05, 0) is 55.5 Å². The van der Waals surface area contributed by atoms with Crippen LogP contribution in [0.25, 0.3) is 17.1 Å². The van der Waals surface area contributed by atoms with Crippen LogP contribution in [0.3, 0.4) is 0 Å². The van der Waals surface area contributed by atoms with E-state index >= 15 is 0 Å². The summed E-state index contributed by atoms with van der Waals surface area (Å²) in [6, 6.07) is 22.6. The highest BCUT2D eigenvalue weighted by molar-refractivity contribution is 7.71. The van der Waals surface area contributed by atoms with Gasteiger partial charge < -0.3 is 5.32 Å². The molecule has 4 rings (SSSR count). The minimum Gasteiger partial charge on any atom is -0.324 e. The fourth-order valence-corrected chi connectivity index (χ4v) is 3.80. The number of rotatable bonds is 5. The first kappa shape index (κ1) is 21.3. The second-order valence-electron chi connectivity index (χ2n) is 6.98. The molecule has 1 aromatic heterocycles. The fourth-order valence-electron chi connectivity index (χ4n) is 3.20. The van der Waals surface area contributed by atoms with Crippen LogP contribution in [0.1, 0.15) is 5.56 Å². The van der Waals surface area contributed by atoms with Gasteiger partial charge in [0.2, 0.25) is 10.7 Å². The highest BCUT2D eigenvalue weighted by atomic mass is 35.5. The quantitative estimate of drug-likeness (QED) is 0.348. The van der Waals surface area contributed by atoms with Crippen LogP contribution >= 0.6 is 35.4 Å². The number of nitrogens with zero attached hydrogens (tertiary/aromatic N) is 3. The number of anilines is 1. The molecule has 0 unspecified atom stereocenters. The Bertz CT molecular complexity index is 1310. The number of aromatic nitrogens is 3. The van der Waals surface area contributed by atoms with E-state index in [1.54, 1.807) is 18.2 Å². The lowest BCUT2D eigenvalue weighted by molar-refractivity contribution is -0.116. The fraction of sp³-hybridized carbons (Fsp3) is 0.0870. The summed E-state index contributed by atoms with van der Waals surface area (Å²) < 4.78 is 3.82. The molecule has 1 amide bonds. The van der Waals surface area contributed by atoms with E-state index in [0.717, 1.165) is 16.8 Å². The molecule has 4 aromatic rings. The van der Waals surface area contributed by atoms with E-state index in [9.17, 15) is 4.79 Å². The molecule has 0 fully saturated rings. The van der Waals surface area contributed by atoms with Gasteiger partial charge in [-0.25, -0.2) is 4.68 Å². The predicted octanol–water partition coefficient (Wildman–Crippen LogP) is 6.32. The lowest BCUT2D eigenvalue weighted by Crippen LogP contribution is -2.19. The molecular formula is C23H18Cl2N4OS. The second-order valence-corrected chi connectivity index (χ2v) is 8.16. The van der Waals surface area contributed by atoms with Gasteiger partial charge in [0, 0.05) is 16.9 Å². The third-order valence-electron chi connectivity index (χ3n) is 4.63. The zero-order valence-electron chi connectivity index (χ0n) is 16.5. The maximum Gasteiger partial charge on any atom is 0.246 e. The molecule has 0 saturated carbocycles. The zero-order chi connectivity index (χ0) is 22.0. The van der Waals surface area contributed by atoms with E-state index in [0.29, 0.717) is 26.3 Å². The third kappa shape index (κ3) is 4.71. The number of hydrogen-bond acceptors (Lipinski definition) is 3. The number of amides is 1. The number of halogens is 2. The normalized spacial score (nSPS) is 10.8. The van der Waals surface area contributed by atoms with Crippen LogP contribution in [0, 0.1) is 11.7 Å². The van der Waals surface area contributed by atoms with Crippen molar-refractivity contribution < 1.29 is 4.79 Å². The maximum absolute atomic E-state index is 12.7. The summed E-state index contributed by atoms with van der Waals surface area (Å²) in [5.41, 5.74) is 3.45. The SMILES string of the molecule is Cc1cccc(-c2nn(CC(=O)Nc3ccc(Cl)c(Cl)c3)c(=S)n2-c2ccccc2)c1. The largest absolute Gasteiger partial charge is 0.324 e. The molecular weight excluding hydrogens is 451 g/mol. The van der Waals surface area contributed by atoms with Crippen molar-refractivity contribution in [3.8, 4) is 17.1 Å². The third-order valence-corrected chi connectivity index (χ3v) is 5.76. The topological polar surface area (TPSA) is 51.9 Å². The van der Waals surface area contributed by atoms with E-state index in [2.05, 4.69) is 10.4 Å². The van der Waals surface area contributed by atoms with E-state index in [1.807, 2.05) is 66.1 Å². The minimum atomic E-state index is -0.275. The van der Waals surface area contributed by atoms with Gasteiger partial charge in [0.1, 0.15) is 6.54 Å². The van der Waals surface area contributed by atoms with Crippen molar-refractivity contribution in [2.24, 2.45) is 0 Å². The van der Waals surface area contributed by atoms with Gasteiger partial charge in [0.05, 0.1) is 10.0 Å². The van der Waals surface area contributed by atoms with E-state index in [4.69, 9.17) is 35.4 Å². The molecule has 0 aliphatic heterocycles. The van der Waals surface area contributed by atoms with E-state index in [1.165, 1.54) is 4.68 Å². The molecule has 0 atom stereocenters. The molecule has 0 spiro atoms. The molecule has 0 bridgehead atoms. The van der Waals surface area contributed by atoms with Gasteiger partial charge >= 0.3 is 0 Å². The predicted molar refractivity (Wildman–Crippen MR) is 128 cm³/mol. The highest BCUT2D eigenvalue weighted by Crippen LogP contribution is 2.26. The molecule has 5 nitrogen and oxygen atoms in total. The van der Waals surface area contributed by atoms with E-state index < -0.39 is 0 Å². The number of hydrogen-bond donors (Lipinski definition) is 1. The monoisotopic (exact) mass is 468 g/mol. The number of para-hydroxylation sites is 1.